The first-order valence-corrected chi connectivity index (χ1v) is 30.2. The normalized spacial score (nSPS) is 35.5. The zero-order chi connectivity index (χ0) is 57.8. The highest BCUT2D eigenvalue weighted by Crippen LogP contribution is 2.44. The van der Waals surface area contributed by atoms with Crippen LogP contribution >= 0.6 is 0 Å². The van der Waals surface area contributed by atoms with E-state index in [4.69, 9.17) is 61.6 Å². The van der Waals surface area contributed by atoms with Crippen molar-refractivity contribution in [1.82, 2.24) is 5.32 Å². The molecule has 0 bridgehead atoms. The maximum Gasteiger partial charge on any atom is 0.217 e. The number of hydrogen-bond donors (Lipinski definition) is 1. The molecule has 5 heterocycles. The minimum atomic E-state index is -1.12. The zero-order valence-electron chi connectivity index (χ0n) is 49.4. The van der Waals surface area contributed by atoms with E-state index in [-0.39, 0.29) is 68.2 Å². The van der Waals surface area contributed by atoms with Crippen LogP contribution in [0.2, 0.25) is 0 Å². The Morgan fingerprint density at radius 3 is 1.45 bits per heavy atom. The van der Waals surface area contributed by atoms with Gasteiger partial charge in [0.15, 0.2) is 31.5 Å². The lowest BCUT2D eigenvalue weighted by Gasteiger charge is -2.53. The Hall–Kier alpha value is -4.95. The molecule has 10 rings (SSSR count). The summed E-state index contributed by atoms with van der Waals surface area (Å²) in [5, 5.41) is 3.16. The van der Waals surface area contributed by atoms with Gasteiger partial charge in [-0.25, -0.2) is 0 Å². The van der Waals surface area contributed by atoms with E-state index in [1.54, 1.807) is 0 Å². The van der Waals surface area contributed by atoms with Gasteiger partial charge in [0.05, 0.1) is 64.0 Å². The van der Waals surface area contributed by atoms with Crippen LogP contribution in [0.25, 0.3) is 0 Å². The van der Waals surface area contributed by atoms with Crippen molar-refractivity contribution < 1.29 is 66.4 Å². The molecular weight excluding hydrogens is 1050 g/mol. The van der Waals surface area contributed by atoms with E-state index in [2.05, 4.69) is 59.0 Å². The summed E-state index contributed by atoms with van der Waals surface area (Å²) in [5.74, 6) is -0.321. The molecular formula is C68H87NO14. The Kier molecular flexibility index (Phi) is 21.7. The molecule has 5 aromatic carbocycles. The van der Waals surface area contributed by atoms with Crippen molar-refractivity contribution in [2.45, 2.75) is 193 Å². The molecule has 0 spiro atoms. The van der Waals surface area contributed by atoms with Gasteiger partial charge >= 0.3 is 0 Å². The second kappa shape index (κ2) is 29.4. The summed E-state index contributed by atoms with van der Waals surface area (Å²) < 4.78 is 91.6. The van der Waals surface area contributed by atoms with Gasteiger partial charge in [0, 0.05) is 18.4 Å². The second-order valence-electron chi connectivity index (χ2n) is 23.3. The van der Waals surface area contributed by atoms with Crippen molar-refractivity contribution in [2.75, 3.05) is 13.2 Å². The largest absolute Gasteiger partial charge is 0.374 e. The maximum atomic E-state index is 13.2. The van der Waals surface area contributed by atoms with Crippen LogP contribution in [0.3, 0.4) is 0 Å². The lowest BCUT2D eigenvalue weighted by molar-refractivity contribution is -0.411. The fourth-order valence-corrected chi connectivity index (χ4v) is 12.5. The summed E-state index contributed by atoms with van der Waals surface area (Å²) in [5.41, 5.74) is 4.81. The number of rotatable bonds is 23. The van der Waals surface area contributed by atoms with Crippen molar-refractivity contribution >= 4 is 5.91 Å². The number of fused-ring (bicyclic) bond motifs is 1. The number of carbonyl (C=O) groups is 1. The third-order valence-electron chi connectivity index (χ3n) is 17.7. The molecule has 83 heavy (non-hydrogen) atoms. The minimum absolute atomic E-state index is 0.0586. The highest BCUT2D eigenvalue weighted by Gasteiger charge is 2.57. The quantitative estimate of drug-likeness (QED) is 0.0661. The first-order chi connectivity index (χ1) is 40.5. The average molecular weight is 1140 g/mol. The van der Waals surface area contributed by atoms with Crippen LogP contribution in [0, 0.1) is 29.6 Å². The van der Waals surface area contributed by atoms with Crippen LogP contribution in [0.15, 0.2) is 152 Å². The molecule has 5 aliphatic rings. The fraction of sp³-hybridized carbons (Fsp3) is 0.544. The van der Waals surface area contributed by atoms with Gasteiger partial charge in [-0.2, -0.15) is 0 Å². The first kappa shape index (κ1) is 61.1. The van der Waals surface area contributed by atoms with E-state index in [1.807, 2.05) is 146 Å². The number of nitrogens with one attached hydrogen (secondary N) is 1. The maximum absolute atomic E-state index is 13.2. The highest BCUT2D eigenvalue weighted by molar-refractivity contribution is 5.73. The Bertz CT molecular complexity index is 2700. The van der Waals surface area contributed by atoms with Gasteiger partial charge < -0.3 is 66.9 Å². The van der Waals surface area contributed by atoms with Gasteiger partial charge in [0.2, 0.25) is 5.91 Å². The van der Waals surface area contributed by atoms with Crippen molar-refractivity contribution in [3.8, 4) is 0 Å². The smallest absolute Gasteiger partial charge is 0.217 e. The number of carbonyl (C=O) groups excluding carboxylic acids is 1. The van der Waals surface area contributed by atoms with Crippen LogP contribution in [0.1, 0.15) is 102 Å². The number of ether oxygens (including phenoxy) is 13. The molecule has 15 nitrogen and oxygen atoms in total. The van der Waals surface area contributed by atoms with Crippen LogP contribution in [-0.2, 0) is 92.8 Å². The summed E-state index contributed by atoms with van der Waals surface area (Å²) >= 11 is 0. The molecule has 0 aliphatic carbocycles. The molecule has 448 valence electrons. The molecule has 15 heteroatoms. The molecule has 0 aromatic heterocycles. The molecule has 1 N–H and O–H groups in total. The Labute approximate surface area is 491 Å². The van der Waals surface area contributed by atoms with Crippen LogP contribution in [-0.4, -0.2) is 111 Å². The summed E-state index contributed by atoms with van der Waals surface area (Å²) in [6, 6.07) is 49.3. The van der Waals surface area contributed by atoms with E-state index in [9.17, 15) is 4.79 Å². The Balaban J connectivity index is 1.02. The summed E-state index contributed by atoms with van der Waals surface area (Å²) in [6.45, 7) is 18.2. The summed E-state index contributed by atoms with van der Waals surface area (Å²) in [7, 11) is 0. The van der Waals surface area contributed by atoms with E-state index in [0.717, 1.165) is 40.7 Å². The van der Waals surface area contributed by atoms with E-state index < -0.39 is 92.2 Å². The zero-order valence-corrected chi connectivity index (χ0v) is 49.4. The molecule has 0 saturated carbocycles. The Morgan fingerprint density at radius 2 is 0.904 bits per heavy atom. The monoisotopic (exact) mass is 1140 g/mol. The lowest BCUT2D eigenvalue weighted by atomic mass is 9.81. The van der Waals surface area contributed by atoms with E-state index >= 15 is 0 Å². The molecule has 1 amide bonds. The molecule has 21 atom stereocenters. The number of benzene rings is 5. The predicted octanol–water partition coefficient (Wildman–Crippen LogP) is 11.3. The van der Waals surface area contributed by atoms with Crippen molar-refractivity contribution in [2.24, 2.45) is 29.6 Å². The number of hydrogen-bond acceptors (Lipinski definition) is 14. The van der Waals surface area contributed by atoms with Gasteiger partial charge in [-0.3, -0.25) is 4.79 Å². The molecule has 5 aliphatic heterocycles. The topological polar surface area (TPSA) is 149 Å². The molecule has 0 radical (unpaired) electrons. The van der Waals surface area contributed by atoms with Crippen LogP contribution in [0.4, 0.5) is 0 Å². The van der Waals surface area contributed by atoms with E-state index in [0.29, 0.717) is 13.2 Å². The number of amides is 1. The molecule has 5 saturated heterocycles. The van der Waals surface area contributed by atoms with Gasteiger partial charge in [0.1, 0.15) is 42.7 Å². The van der Waals surface area contributed by atoms with E-state index in [1.165, 1.54) is 6.92 Å². The minimum Gasteiger partial charge on any atom is -0.374 e. The molecule has 5 fully saturated rings. The van der Waals surface area contributed by atoms with Crippen molar-refractivity contribution in [3.63, 3.8) is 0 Å². The third-order valence-corrected chi connectivity index (χ3v) is 17.7. The van der Waals surface area contributed by atoms with Crippen molar-refractivity contribution in [1.29, 1.82) is 0 Å². The first-order valence-electron chi connectivity index (χ1n) is 30.2. The predicted molar refractivity (Wildman–Crippen MR) is 311 cm³/mol. The Morgan fingerprint density at radius 1 is 0.458 bits per heavy atom. The van der Waals surface area contributed by atoms with Crippen LogP contribution < -0.4 is 5.32 Å². The fourth-order valence-electron chi connectivity index (χ4n) is 12.5. The summed E-state index contributed by atoms with van der Waals surface area (Å²) in [4.78, 5) is 13.2. The highest BCUT2D eigenvalue weighted by atomic mass is 16.8. The standard InChI is InChI=1S/C68H87NO14/c1-9-53-42(3)44(5)59(72-37-49-28-18-12-19-29-49)66(76-53)81-60-45(6)43(4)54(10-2)77-67(60)83-62-61-56(41-75-64(82-61)52-34-24-15-25-35-52)79-68(63(62)73-38-50-30-20-13-21-31-50)80-58-46(7)57(69-47(8)70)65(74-39-51-32-22-14-23-33-51)78-55(58)40-71-36-48-26-16-11-17-27-48/h11-35,42-46,53-68H,9-10,36-41H2,1-8H3,(H,69,70)/t42-,43-,44?,45?,46-,53?,54?,55?,56?,57?,58-,59?,60?,61+,62-,63?,64?,65+,66+,67+,68-/m0/s1. The van der Waals surface area contributed by atoms with Crippen LogP contribution in [0.5, 0.6) is 0 Å². The lowest BCUT2D eigenvalue weighted by Crippen LogP contribution is -2.68. The SMILES string of the molecule is CCC1O[C@H](O[C@@H]2C(OCc3ccccc3)[C@H](O[C@@H]3C(COCc4ccccc4)O[C@@H](OCc4ccccc4)C(NC(C)=O)[C@@H]3C)OC3COC(c4ccccc4)O[C@H]32)C(O[C@H]2OC(CC)[C@@H](C)C(C)C2OCc2ccccc2)C(C)[C@@H]1C. The van der Waals surface area contributed by atoms with Gasteiger partial charge in [-0.15, -0.1) is 0 Å². The van der Waals surface area contributed by atoms with Crippen molar-refractivity contribution in [3.05, 3.63) is 179 Å². The van der Waals surface area contributed by atoms with Gasteiger partial charge in [0.25, 0.3) is 0 Å². The second-order valence-corrected chi connectivity index (χ2v) is 23.3. The summed E-state index contributed by atoms with van der Waals surface area (Å²) in [6.07, 6.45) is -8.96. The van der Waals surface area contributed by atoms with Gasteiger partial charge in [-0.05, 0) is 58.8 Å². The van der Waals surface area contributed by atoms with Gasteiger partial charge in [-0.1, -0.05) is 200 Å². The average Bonchev–Trinajstić information content (AvgIpc) is 3.21. The molecule has 5 aromatic rings. The third kappa shape index (κ3) is 15.2. The molecule has 11 unspecified atom stereocenters.